The Bertz CT molecular complexity index is 3350. The Kier molecular flexibility index (Phi) is 23.3. The molecule has 0 spiro atoms. The van der Waals surface area contributed by atoms with Gasteiger partial charge >= 0.3 is 0 Å². The van der Waals surface area contributed by atoms with E-state index in [0.29, 0.717) is 44.1 Å². The first-order valence-corrected chi connectivity index (χ1v) is 30.7. The molecule has 0 bridgehead atoms. The van der Waals surface area contributed by atoms with Gasteiger partial charge in [0.25, 0.3) is 11.5 Å². The number of carbonyl (C=O) groups is 5. The molecule has 23 nitrogen and oxygen atoms in total. The Hall–Kier alpha value is -7.45. The zero-order valence-electron chi connectivity index (χ0n) is 51.2. The largest absolute Gasteiger partial charge is 0.391 e. The highest BCUT2D eigenvalue weighted by atomic mass is 32.1. The lowest BCUT2D eigenvalue weighted by molar-refractivity contribution is -0.144. The van der Waals surface area contributed by atoms with E-state index in [-0.39, 0.29) is 88.2 Å². The molecule has 0 aliphatic carbocycles. The van der Waals surface area contributed by atoms with E-state index < -0.39 is 35.4 Å². The number of aliphatic hydroxyl groups excluding tert-OH is 1. The Labute approximate surface area is 511 Å². The van der Waals surface area contributed by atoms with Crippen LogP contribution >= 0.6 is 11.3 Å². The van der Waals surface area contributed by atoms with Crippen molar-refractivity contribution in [1.82, 2.24) is 55.8 Å². The maximum Gasteiger partial charge on any atom is 0.253 e. The van der Waals surface area contributed by atoms with Crippen LogP contribution in [0.1, 0.15) is 91.9 Å². The highest BCUT2D eigenvalue weighted by molar-refractivity contribution is 7.13. The monoisotopic (exact) mass is 1220 g/mol. The third-order valence-corrected chi connectivity index (χ3v) is 16.4. The van der Waals surface area contributed by atoms with Crippen LogP contribution in [0.5, 0.6) is 0 Å². The van der Waals surface area contributed by atoms with Crippen molar-refractivity contribution in [2.24, 2.45) is 5.41 Å². The summed E-state index contributed by atoms with van der Waals surface area (Å²) in [6, 6.07) is 15.8. The van der Waals surface area contributed by atoms with E-state index in [2.05, 4.69) is 46.1 Å². The fourth-order valence-corrected chi connectivity index (χ4v) is 11.4. The number of fused-ring (bicyclic) bond motifs is 1. The Morgan fingerprint density at radius 3 is 2.11 bits per heavy atom. The number of thiazole rings is 1. The molecule has 24 heteroatoms. The maximum atomic E-state index is 14.0. The van der Waals surface area contributed by atoms with Gasteiger partial charge < -0.3 is 60.1 Å². The fourth-order valence-electron chi connectivity index (χ4n) is 10.6. The second-order valence-electron chi connectivity index (χ2n) is 23.4. The lowest BCUT2D eigenvalue weighted by Gasteiger charge is -2.35. The number of piperazine rings is 1. The highest BCUT2D eigenvalue weighted by Crippen LogP contribution is 2.32. The number of aromatic amines is 1. The molecule has 6 aromatic rings. The molecule has 5 amide bonds. The lowest BCUT2D eigenvalue weighted by Crippen LogP contribution is -2.58. The van der Waals surface area contributed by atoms with Crippen molar-refractivity contribution >= 4 is 57.6 Å². The van der Waals surface area contributed by atoms with Crippen LogP contribution in [-0.2, 0) is 51.2 Å². The van der Waals surface area contributed by atoms with E-state index in [0.717, 1.165) is 93.5 Å². The van der Waals surface area contributed by atoms with Crippen LogP contribution in [0.3, 0.4) is 0 Å². The molecule has 87 heavy (non-hydrogen) atoms. The van der Waals surface area contributed by atoms with Gasteiger partial charge in [-0.2, -0.15) is 5.10 Å². The summed E-state index contributed by atoms with van der Waals surface area (Å²) in [6.07, 6.45) is 2.99. The van der Waals surface area contributed by atoms with Crippen molar-refractivity contribution < 1.29 is 48.0 Å². The smallest absolute Gasteiger partial charge is 0.253 e. The van der Waals surface area contributed by atoms with Gasteiger partial charge in [0.1, 0.15) is 24.5 Å². The number of H-pyrrole nitrogens is 1. The van der Waals surface area contributed by atoms with Crippen LogP contribution in [0.2, 0.25) is 0 Å². The Morgan fingerprint density at radius 1 is 0.782 bits per heavy atom. The number of anilines is 1. The number of amides is 5. The van der Waals surface area contributed by atoms with Crippen LogP contribution in [0.15, 0.2) is 77.3 Å². The molecule has 2 aliphatic rings. The van der Waals surface area contributed by atoms with Gasteiger partial charge in [-0.25, -0.2) is 9.97 Å². The molecule has 0 saturated carbocycles. The van der Waals surface area contributed by atoms with E-state index in [9.17, 15) is 33.9 Å². The fraction of sp³-hybridized carbons (Fsp3) is 0.508. The number of β-amino-alcohol motifs (C(OH)–C–C–N with tert-alkyl or cyclic N) is 1. The standard InChI is InChI=1S/C63H84N12O11S/c1-40(2)75-52-31-47(30-49(51(52)36-69-75)59(79)67-35-50-41(3)29-42(4)70-60(50)80)46-13-14-54(65-34-46)73-20-18-72(19-21-73)17-16-64-55(77)15-22-83-23-24-84-25-26-85-27-28-86-38-56(78)71-58(63(6,7)8)62(82)74-37-48(76)32-53(74)61(81)66-33-44-9-11-45(12-10-44)57-43(5)68-39-87-57/h9-14,29-31,34,36,39-40,48,53,58,76H,15-28,32-33,35,37-38H2,1-8H3,(H,64,77)(H,66,81)(H,67,79)(H,70,80)(H,71,78)/t48-,53+,58-/m1/s1. The summed E-state index contributed by atoms with van der Waals surface area (Å²) in [5, 5.41) is 27.6. The maximum absolute atomic E-state index is 14.0. The minimum Gasteiger partial charge on any atom is -0.391 e. The summed E-state index contributed by atoms with van der Waals surface area (Å²) in [7, 11) is 0. The number of aliphatic hydroxyl groups is 1. The Balaban J connectivity index is 0.647. The summed E-state index contributed by atoms with van der Waals surface area (Å²) < 4.78 is 24.2. The van der Waals surface area contributed by atoms with Gasteiger partial charge in [0.2, 0.25) is 23.6 Å². The summed E-state index contributed by atoms with van der Waals surface area (Å²) in [5.74, 6) is -0.858. The van der Waals surface area contributed by atoms with Gasteiger partial charge in [-0.05, 0) is 92.6 Å². The van der Waals surface area contributed by atoms with Gasteiger partial charge in [0.05, 0.1) is 85.7 Å². The molecule has 4 aromatic heterocycles. The van der Waals surface area contributed by atoms with Crippen molar-refractivity contribution in [2.45, 2.75) is 106 Å². The number of hydrogen-bond acceptors (Lipinski definition) is 17. The zero-order chi connectivity index (χ0) is 62.2. The number of pyridine rings is 2. The normalized spacial score (nSPS) is 15.9. The van der Waals surface area contributed by atoms with Crippen LogP contribution in [0.4, 0.5) is 5.82 Å². The van der Waals surface area contributed by atoms with Gasteiger partial charge in [-0.15, -0.1) is 11.3 Å². The van der Waals surface area contributed by atoms with Crippen molar-refractivity contribution in [3.63, 3.8) is 0 Å². The lowest BCUT2D eigenvalue weighted by atomic mass is 9.85. The van der Waals surface area contributed by atoms with Crippen LogP contribution in [-0.4, -0.2) is 186 Å². The number of nitrogens with one attached hydrogen (secondary N) is 5. The molecular formula is C63H84N12O11S. The quantitative estimate of drug-likeness (QED) is 0.0343. The first kappa shape index (κ1) is 65.5. The minimum atomic E-state index is -0.981. The number of benzene rings is 2. The number of aryl methyl sites for hydroxylation is 3. The molecule has 2 saturated heterocycles. The van der Waals surface area contributed by atoms with Gasteiger partial charge in [-0.1, -0.05) is 45.0 Å². The van der Waals surface area contributed by atoms with Gasteiger partial charge in [0.15, 0.2) is 0 Å². The molecule has 2 aromatic carbocycles. The first-order valence-electron chi connectivity index (χ1n) is 29.8. The first-order chi connectivity index (χ1) is 41.7. The summed E-state index contributed by atoms with van der Waals surface area (Å²) in [5.41, 5.74) is 8.84. The number of aromatic nitrogens is 5. The van der Waals surface area contributed by atoms with E-state index in [1.807, 2.05) is 126 Å². The molecule has 2 fully saturated rings. The number of likely N-dealkylation sites (tertiary alicyclic amines) is 1. The summed E-state index contributed by atoms with van der Waals surface area (Å²) in [6.45, 7) is 21.5. The highest BCUT2D eigenvalue weighted by Gasteiger charge is 2.44. The number of hydrogen-bond donors (Lipinski definition) is 6. The molecule has 2 aliphatic heterocycles. The third kappa shape index (κ3) is 18.1. The second kappa shape index (κ2) is 30.9. The molecule has 6 N–H and O–H groups in total. The van der Waals surface area contributed by atoms with E-state index in [1.165, 1.54) is 4.90 Å². The number of rotatable bonds is 29. The van der Waals surface area contributed by atoms with Crippen molar-refractivity contribution in [1.29, 1.82) is 0 Å². The van der Waals surface area contributed by atoms with Crippen molar-refractivity contribution in [2.75, 3.05) is 104 Å². The summed E-state index contributed by atoms with van der Waals surface area (Å²) >= 11 is 1.57. The van der Waals surface area contributed by atoms with Crippen molar-refractivity contribution in [3.8, 4) is 21.6 Å². The molecule has 468 valence electrons. The molecule has 6 heterocycles. The summed E-state index contributed by atoms with van der Waals surface area (Å²) in [4.78, 5) is 98.4. The third-order valence-electron chi connectivity index (χ3n) is 15.4. The average Bonchev–Trinajstić information content (AvgIpc) is 2.05. The zero-order valence-corrected chi connectivity index (χ0v) is 52.1. The van der Waals surface area contributed by atoms with E-state index in [1.54, 1.807) is 17.5 Å². The predicted octanol–water partition coefficient (Wildman–Crippen LogP) is 4.85. The molecule has 3 atom stereocenters. The van der Waals surface area contributed by atoms with E-state index in [4.69, 9.17) is 23.9 Å². The number of carbonyl (C=O) groups excluding carboxylic acids is 5. The van der Waals surface area contributed by atoms with E-state index >= 15 is 0 Å². The number of ether oxygens (including phenoxy) is 4. The molecule has 0 radical (unpaired) electrons. The molecule has 0 unspecified atom stereocenters. The van der Waals surface area contributed by atoms with Gasteiger partial charge in [-0.3, -0.25) is 38.3 Å². The number of nitrogens with zero attached hydrogens (tertiary/aromatic N) is 7. The van der Waals surface area contributed by atoms with Gasteiger partial charge in [0, 0.05) is 106 Å². The van der Waals surface area contributed by atoms with Crippen LogP contribution in [0.25, 0.3) is 32.5 Å². The van der Waals surface area contributed by atoms with Crippen LogP contribution in [0, 0.1) is 26.2 Å². The average molecular weight is 1220 g/mol. The molecular weight excluding hydrogens is 1130 g/mol. The van der Waals surface area contributed by atoms with Crippen molar-refractivity contribution in [3.05, 3.63) is 116 Å². The molecule has 8 rings (SSSR count). The Morgan fingerprint density at radius 2 is 1.47 bits per heavy atom. The topological polar surface area (TPSA) is 277 Å². The SMILES string of the molecule is Cc1cc(C)c(CNC(=O)c2cc(-c3ccc(N4CCN(CCNC(=O)CCOCCOCCOCCOCC(=O)N[C@H](C(=O)N5C[C@H](O)C[C@H]5C(=O)NCc5ccc(-c6scnc6C)cc5)C(C)(C)C)CC4)nc3)cc3c2cnn3C(C)C)c(=O)[nH]1. The second-order valence-corrected chi connectivity index (χ2v) is 24.3. The predicted molar refractivity (Wildman–Crippen MR) is 332 cm³/mol. The minimum absolute atomic E-state index is 0.0284. The van der Waals surface area contributed by atoms with Crippen LogP contribution < -0.4 is 31.7 Å².